The van der Waals surface area contributed by atoms with Gasteiger partial charge in [0.25, 0.3) is 0 Å². The molecule has 2 amide bonds. The molecule has 0 aliphatic carbocycles. The third-order valence-electron chi connectivity index (χ3n) is 4.86. The van der Waals surface area contributed by atoms with Gasteiger partial charge in [-0.1, -0.05) is 68.4 Å². The summed E-state index contributed by atoms with van der Waals surface area (Å²) in [5, 5.41) is 12.3. The van der Waals surface area contributed by atoms with Crippen molar-refractivity contribution in [3.63, 3.8) is 0 Å². The Morgan fingerprint density at radius 1 is 1.00 bits per heavy atom. The highest BCUT2D eigenvalue weighted by atomic mass is 16.5. The zero-order chi connectivity index (χ0) is 23.5. The van der Waals surface area contributed by atoms with E-state index in [9.17, 15) is 19.5 Å². The summed E-state index contributed by atoms with van der Waals surface area (Å²) in [5.74, 6) is -1.33. The third kappa shape index (κ3) is 8.06. The van der Waals surface area contributed by atoms with Crippen LogP contribution in [0, 0.1) is 5.92 Å². The number of nitrogens with one attached hydrogen (secondary N) is 1. The molecule has 0 spiro atoms. The maximum Gasteiger partial charge on any atom is 0.326 e. The van der Waals surface area contributed by atoms with Gasteiger partial charge in [-0.2, -0.15) is 0 Å². The molecule has 0 fully saturated rings. The molecule has 0 aliphatic rings. The molecule has 2 aromatic rings. The predicted octanol–water partition coefficient (Wildman–Crippen LogP) is 3.97. The lowest BCUT2D eigenvalue weighted by molar-refractivity contribution is -0.143. The average molecular weight is 441 g/mol. The van der Waals surface area contributed by atoms with Crippen LogP contribution in [0.25, 0.3) is 11.1 Å². The first-order valence-electron chi connectivity index (χ1n) is 10.9. The molecule has 0 aliphatic heterocycles. The van der Waals surface area contributed by atoms with Crippen molar-refractivity contribution < 1.29 is 24.2 Å². The minimum absolute atomic E-state index is 0.0622. The summed E-state index contributed by atoms with van der Waals surface area (Å²) < 4.78 is 4.93. The Hall–Kier alpha value is -3.35. The Morgan fingerprint density at radius 3 is 2.19 bits per heavy atom. The Kier molecular flexibility index (Phi) is 9.73. The van der Waals surface area contributed by atoms with Gasteiger partial charge in [-0.3, -0.25) is 4.79 Å². The fourth-order valence-electron chi connectivity index (χ4n) is 3.32. The van der Waals surface area contributed by atoms with E-state index in [1.165, 1.54) is 4.90 Å². The van der Waals surface area contributed by atoms with Gasteiger partial charge in [-0.25, -0.2) is 9.59 Å². The lowest BCUT2D eigenvalue weighted by Gasteiger charge is -2.26. The number of benzene rings is 2. The second-order valence-electron chi connectivity index (χ2n) is 8.00. The molecule has 7 nitrogen and oxygen atoms in total. The molecule has 1 atom stereocenters. The average Bonchev–Trinajstić information content (AvgIpc) is 2.77. The van der Waals surface area contributed by atoms with Crippen LogP contribution in [0.15, 0.2) is 54.6 Å². The first kappa shape index (κ1) is 24.9. The molecule has 172 valence electrons. The molecule has 2 N–H and O–H groups in total. The largest absolute Gasteiger partial charge is 0.480 e. The number of urea groups is 1. The number of amides is 2. The molecule has 0 unspecified atom stereocenters. The van der Waals surface area contributed by atoms with Gasteiger partial charge >= 0.3 is 18.0 Å². The number of carboxylic acid groups (broad SMARTS) is 1. The molecule has 0 radical (unpaired) electrons. The van der Waals surface area contributed by atoms with Crippen LogP contribution >= 0.6 is 0 Å². The van der Waals surface area contributed by atoms with Crippen LogP contribution in [-0.2, 0) is 20.7 Å². The number of ether oxygens (including phenoxy) is 1. The SMILES string of the molecule is CCOC(=O)CCN(CC(C)C)C(=O)N[C@@H](Cc1ccc(-c2ccccc2)cc1)C(=O)O. The van der Waals surface area contributed by atoms with E-state index >= 15 is 0 Å². The van der Waals surface area contributed by atoms with Crippen LogP contribution in [-0.4, -0.2) is 53.7 Å². The third-order valence-corrected chi connectivity index (χ3v) is 4.86. The summed E-state index contributed by atoms with van der Waals surface area (Å²) in [6.45, 7) is 6.48. The number of rotatable bonds is 11. The molecule has 0 bridgehead atoms. The van der Waals surface area contributed by atoms with E-state index in [1.807, 2.05) is 68.4 Å². The highest BCUT2D eigenvalue weighted by Crippen LogP contribution is 2.19. The van der Waals surface area contributed by atoms with Crippen LogP contribution in [0.5, 0.6) is 0 Å². The van der Waals surface area contributed by atoms with Crippen molar-refractivity contribution in [2.24, 2.45) is 5.92 Å². The Morgan fingerprint density at radius 2 is 1.62 bits per heavy atom. The van der Waals surface area contributed by atoms with E-state index in [-0.39, 0.29) is 37.9 Å². The van der Waals surface area contributed by atoms with Gasteiger partial charge in [-0.05, 0) is 29.5 Å². The van der Waals surface area contributed by atoms with Crippen molar-refractivity contribution >= 4 is 18.0 Å². The summed E-state index contributed by atoms with van der Waals surface area (Å²) in [6, 6.07) is 15.9. The Balaban J connectivity index is 2.04. The first-order valence-corrected chi connectivity index (χ1v) is 10.9. The maximum atomic E-state index is 12.8. The van der Waals surface area contributed by atoms with E-state index in [2.05, 4.69) is 5.32 Å². The highest BCUT2D eigenvalue weighted by molar-refractivity contribution is 5.83. The molecular formula is C25H32N2O5. The van der Waals surface area contributed by atoms with Crippen LogP contribution < -0.4 is 5.32 Å². The number of nitrogens with zero attached hydrogens (tertiary/aromatic N) is 1. The summed E-state index contributed by atoms with van der Waals surface area (Å²) in [5.41, 5.74) is 2.92. The van der Waals surface area contributed by atoms with Crippen LogP contribution in [0.2, 0.25) is 0 Å². The van der Waals surface area contributed by atoms with Gasteiger partial charge in [0.2, 0.25) is 0 Å². The molecule has 32 heavy (non-hydrogen) atoms. The van der Waals surface area contributed by atoms with E-state index in [0.29, 0.717) is 6.54 Å². The van der Waals surface area contributed by atoms with E-state index in [0.717, 1.165) is 16.7 Å². The molecule has 0 heterocycles. The van der Waals surface area contributed by atoms with Crippen molar-refractivity contribution in [3.05, 3.63) is 60.2 Å². The van der Waals surface area contributed by atoms with Crippen molar-refractivity contribution in [2.45, 2.75) is 39.7 Å². The molecule has 0 saturated carbocycles. The molecular weight excluding hydrogens is 408 g/mol. The standard InChI is InChI=1S/C25H32N2O5/c1-4-32-23(28)14-15-27(17-18(2)3)25(31)26-22(24(29)30)16-19-10-12-21(13-11-19)20-8-6-5-7-9-20/h5-13,18,22H,4,14-17H2,1-3H3,(H,26,31)(H,29,30)/t22-/m0/s1. The van der Waals surface area contributed by atoms with E-state index < -0.39 is 18.0 Å². The number of hydrogen-bond acceptors (Lipinski definition) is 4. The minimum Gasteiger partial charge on any atom is -0.480 e. The first-order chi connectivity index (χ1) is 15.3. The number of carbonyl (C=O) groups excluding carboxylic acids is 2. The highest BCUT2D eigenvalue weighted by Gasteiger charge is 2.24. The fourth-order valence-corrected chi connectivity index (χ4v) is 3.32. The second-order valence-corrected chi connectivity index (χ2v) is 8.00. The normalized spacial score (nSPS) is 11.6. The fraction of sp³-hybridized carbons (Fsp3) is 0.400. The topological polar surface area (TPSA) is 95.9 Å². The van der Waals surface area contributed by atoms with E-state index in [1.54, 1.807) is 6.92 Å². The van der Waals surface area contributed by atoms with Gasteiger partial charge in [0.1, 0.15) is 6.04 Å². The van der Waals surface area contributed by atoms with Crippen molar-refractivity contribution in [1.82, 2.24) is 10.2 Å². The molecule has 7 heteroatoms. The number of hydrogen-bond donors (Lipinski definition) is 2. The Bertz CT molecular complexity index is 881. The molecule has 2 rings (SSSR count). The number of carbonyl (C=O) groups is 3. The van der Waals surface area contributed by atoms with Crippen molar-refractivity contribution in [3.8, 4) is 11.1 Å². The van der Waals surface area contributed by atoms with Crippen molar-refractivity contribution in [1.29, 1.82) is 0 Å². The predicted molar refractivity (Wildman–Crippen MR) is 123 cm³/mol. The minimum atomic E-state index is -1.11. The molecule has 0 aromatic heterocycles. The smallest absolute Gasteiger partial charge is 0.326 e. The summed E-state index contributed by atoms with van der Waals surface area (Å²) in [4.78, 5) is 37.8. The monoisotopic (exact) mass is 440 g/mol. The van der Waals surface area contributed by atoms with Gasteiger partial charge in [0.05, 0.1) is 13.0 Å². The lowest BCUT2D eigenvalue weighted by atomic mass is 10.0. The van der Waals surface area contributed by atoms with Gasteiger partial charge < -0.3 is 20.1 Å². The van der Waals surface area contributed by atoms with Crippen LogP contribution in [0.4, 0.5) is 4.79 Å². The van der Waals surface area contributed by atoms with Gasteiger partial charge in [0.15, 0.2) is 0 Å². The summed E-state index contributed by atoms with van der Waals surface area (Å²) >= 11 is 0. The molecule has 2 aromatic carbocycles. The number of carboxylic acids is 1. The quantitative estimate of drug-likeness (QED) is 0.516. The van der Waals surface area contributed by atoms with Crippen LogP contribution in [0.1, 0.15) is 32.8 Å². The van der Waals surface area contributed by atoms with Crippen molar-refractivity contribution in [2.75, 3.05) is 19.7 Å². The van der Waals surface area contributed by atoms with Gasteiger partial charge in [-0.15, -0.1) is 0 Å². The summed E-state index contributed by atoms with van der Waals surface area (Å²) in [7, 11) is 0. The van der Waals surface area contributed by atoms with Gasteiger partial charge in [0, 0.05) is 19.5 Å². The summed E-state index contributed by atoms with van der Waals surface area (Å²) in [6.07, 6.45) is 0.218. The maximum absolute atomic E-state index is 12.8. The number of esters is 1. The Labute approximate surface area is 189 Å². The lowest BCUT2D eigenvalue weighted by Crippen LogP contribution is -2.50. The second kappa shape index (κ2) is 12.5. The van der Waals surface area contributed by atoms with Crippen LogP contribution in [0.3, 0.4) is 0 Å². The molecule has 0 saturated heterocycles. The number of aliphatic carboxylic acids is 1. The van der Waals surface area contributed by atoms with E-state index in [4.69, 9.17) is 4.74 Å². The zero-order valence-electron chi connectivity index (χ0n) is 18.9. The zero-order valence-corrected chi connectivity index (χ0v) is 18.9.